The molecule has 1 aliphatic heterocycles. The zero-order valence-corrected chi connectivity index (χ0v) is 22.2. The first kappa shape index (κ1) is 26.7. The lowest BCUT2D eigenvalue weighted by Crippen LogP contribution is -2.53. The van der Waals surface area contributed by atoms with Gasteiger partial charge >= 0.3 is 0 Å². The predicted molar refractivity (Wildman–Crippen MR) is 139 cm³/mol. The Hall–Kier alpha value is -1.91. The average Bonchev–Trinajstić information content (AvgIpc) is 2.98. The van der Waals surface area contributed by atoms with Crippen LogP contribution in [0.25, 0.3) is 0 Å². The molecule has 0 aliphatic carbocycles. The largest absolute Gasteiger partial charge is 0.490 e. The second-order valence-corrected chi connectivity index (χ2v) is 12.3. The van der Waals surface area contributed by atoms with E-state index >= 15 is 0 Å². The Morgan fingerprint density at radius 1 is 0.882 bits per heavy atom. The van der Waals surface area contributed by atoms with Crippen LogP contribution in [-0.2, 0) is 17.4 Å². The fraction of sp³-hybridized carbons (Fsp3) is 0.600. The number of halogens is 1. The maximum Gasteiger partial charge on any atom is 0.137 e. The number of rotatable bonds is 7. The summed E-state index contributed by atoms with van der Waals surface area (Å²) >= 11 is 0. The smallest absolute Gasteiger partial charge is 0.137 e. The van der Waals surface area contributed by atoms with Crippen molar-refractivity contribution in [2.45, 2.75) is 90.7 Å². The predicted octanol–water partition coefficient (Wildman–Crippen LogP) is 6.75. The van der Waals surface area contributed by atoms with Gasteiger partial charge in [-0.2, -0.15) is 0 Å². The first-order chi connectivity index (χ1) is 15.9. The maximum absolute atomic E-state index is 13.4. The maximum atomic E-state index is 13.4. The number of quaternary nitrogens is 1. The lowest BCUT2D eigenvalue weighted by molar-refractivity contribution is -0.942. The molecule has 188 valence electrons. The number of hydrogen-bond acceptors (Lipinski definition) is 2. The van der Waals surface area contributed by atoms with Crippen molar-refractivity contribution in [2.24, 2.45) is 0 Å². The number of aliphatic hydroxyl groups excluding tert-OH is 1. The van der Waals surface area contributed by atoms with Gasteiger partial charge in [-0.1, -0.05) is 65.8 Å². The standard InChI is InChI=1S/C30H45FNO2/c1-29(2,3)24-13-16-28(27(19-24)30(4,5)6)34-22-26(33)21-32(17-9-7-8-10-18-32)20-23-11-14-25(31)15-12-23/h11-16,19,26,33H,7-10,17-18,20-22H2,1-6H3/q+1/t26-/m1/s1. The Bertz CT molecular complexity index is 916. The molecule has 1 saturated heterocycles. The van der Waals surface area contributed by atoms with E-state index in [2.05, 4.69) is 59.7 Å². The van der Waals surface area contributed by atoms with Crippen LogP contribution in [0.1, 0.15) is 83.9 Å². The number of benzene rings is 2. The first-order valence-electron chi connectivity index (χ1n) is 12.9. The molecule has 1 aliphatic rings. The van der Waals surface area contributed by atoms with Crippen LogP contribution in [0.4, 0.5) is 4.39 Å². The molecule has 3 rings (SSSR count). The van der Waals surface area contributed by atoms with Gasteiger partial charge < -0.3 is 14.3 Å². The molecule has 0 aromatic heterocycles. The van der Waals surface area contributed by atoms with Gasteiger partial charge in [-0.15, -0.1) is 0 Å². The van der Waals surface area contributed by atoms with Crippen molar-refractivity contribution in [3.8, 4) is 5.75 Å². The SMILES string of the molecule is CC(C)(C)c1ccc(OC[C@H](O)C[N+]2(Cc3ccc(F)cc3)CCCCCC2)c(C(C)(C)C)c1. The zero-order valence-electron chi connectivity index (χ0n) is 22.2. The molecule has 34 heavy (non-hydrogen) atoms. The fourth-order valence-corrected chi connectivity index (χ4v) is 5.14. The van der Waals surface area contributed by atoms with E-state index in [-0.39, 0.29) is 23.3 Å². The molecule has 2 aromatic carbocycles. The summed E-state index contributed by atoms with van der Waals surface area (Å²) < 4.78 is 20.5. The van der Waals surface area contributed by atoms with E-state index in [0.29, 0.717) is 6.54 Å². The second-order valence-electron chi connectivity index (χ2n) is 12.3. The molecule has 1 fully saturated rings. The van der Waals surface area contributed by atoms with Crippen molar-refractivity contribution in [2.75, 3.05) is 26.2 Å². The van der Waals surface area contributed by atoms with Crippen LogP contribution in [0.3, 0.4) is 0 Å². The highest BCUT2D eigenvalue weighted by atomic mass is 19.1. The van der Waals surface area contributed by atoms with Gasteiger partial charge in [0.1, 0.15) is 37.4 Å². The van der Waals surface area contributed by atoms with E-state index < -0.39 is 6.10 Å². The summed E-state index contributed by atoms with van der Waals surface area (Å²) in [6.45, 7) is 17.1. The van der Waals surface area contributed by atoms with E-state index in [4.69, 9.17) is 4.74 Å². The van der Waals surface area contributed by atoms with Crippen LogP contribution in [-0.4, -0.2) is 41.9 Å². The van der Waals surface area contributed by atoms with Crippen LogP contribution in [0.5, 0.6) is 5.75 Å². The molecular weight excluding hydrogens is 425 g/mol. The van der Waals surface area contributed by atoms with Crippen molar-refractivity contribution in [1.29, 1.82) is 0 Å². The number of ether oxygens (including phenoxy) is 1. The van der Waals surface area contributed by atoms with Gasteiger partial charge in [0.2, 0.25) is 0 Å². The van der Waals surface area contributed by atoms with Crippen LogP contribution in [0, 0.1) is 5.82 Å². The van der Waals surface area contributed by atoms with Crippen molar-refractivity contribution in [3.63, 3.8) is 0 Å². The van der Waals surface area contributed by atoms with Crippen LogP contribution >= 0.6 is 0 Å². The normalized spacial score (nSPS) is 17.8. The lowest BCUT2D eigenvalue weighted by Gasteiger charge is -2.39. The van der Waals surface area contributed by atoms with Crippen LogP contribution in [0.2, 0.25) is 0 Å². The van der Waals surface area contributed by atoms with Gasteiger partial charge in [-0.25, -0.2) is 4.39 Å². The van der Waals surface area contributed by atoms with E-state index in [1.165, 1.54) is 24.0 Å². The zero-order chi connectivity index (χ0) is 25.0. The van der Waals surface area contributed by atoms with Gasteiger partial charge in [-0.05, 0) is 65.8 Å². The topological polar surface area (TPSA) is 29.5 Å². The first-order valence-corrected chi connectivity index (χ1v) is 12.9. The minimum absolute atomic E-state index is 0.0529. The van der Waals surface area contributed by atoms with Gasteiger partial charge in [0.15, 0.2) is 0 Å². The molecule has 1 heterocycles. The molecule has 0 spiro atoms. The molecule has 1 N–H and O–H groups in total. The summed E-state index contributed by atoms with van der Waals surface area (Å²) in [7, 11) is 0. The number of nitrogens with zero attached hydrogens (tertiary/aromatic N) is 1. The Balaban J connectivity index is 1.74. The monoisotopic (exact) mass is 470 g/mol. The summed E-state index contributed by atoms with van der Waals surface area (Å²) in [5.41, 5.74) is 3.62. The van der Waals surface area contributed by atoms with Gasteiger partial charge in [0.05, 0.1) is 13.1 Å². The molecule has 0 amide bonds. The molecule has 4 heteroatoms. The summed E-state index contributed by atoms with van der Waals surface area (Å²) in [4.78, 5) is 0. The van der Waals surface area contributed by atoms with Crippen molar-refractivity contribution in [1.82, 2.24) is 0 Å². The van der Waals surface area contributed by atoms with Gasteiger partial charge in [0.25, 0.3) is 0 Å². The molecule has 0 radical (unpaired) electrons. The summed E-state index contributed by atoms with van der Waals surface area (Å²) in [6, 6.07) is 13.3. The third kappa shape index (κ3) is 7.29. The summed E-state index contributed by atoms with van der Waals surface area (Å²) in [5.74, 6) is 0.659. The Morgan fingerprint density at radius 2 is 1.50 bits per heavy atom. The van der Waals surface area contributed by atoms with E-state index in [9.17, 15) is 9.50 Å². The average molecular weight is 471 g/mol. The van der Waals surface area contributed by atoms with E-state index in [0.717, 1.165) is 48.3 Å². The van der Waals surface area contributed by atoms with Gasteiger partial charge in [-0.3, -0.25) is 0 Å². The number of likely N-dealkylation sites (tertiary alicyclic amines) is 1. The van der Waals surface area contributed by atoms with E-state index in [1.54, 1.807) is 12.1 Å². The van der Waals surface area contributed by atoms with Crippen molar-refractivity contribution in [3.05, 3.63) is 65.0 Å². The highest BCUT2D eigenvalue weighted by Crippen LogP contribution is 2.35. The van der Waals surface area contributed by atoms with Crippen LogP contribution in [0.15, 0.2) is 42.5 Å². The Labute approximate surface area is 206 Å². The Kier molecular flexibility index (Phi) is 8.47. The fourth-order valence-electron chi connectivity index (χ4n) is 5.14. The van der Waals surface area contributed by atoms with Gasteiger partial charge in [0, 0.05) is 5.56 Å². The Morgan fingerprint density at radius 3 is 2.06 bits per heavy atom. The molecule has 3 nitrogen and oxygen atoms in total. The quantitative estimate of drug-likeness (QED) is 0.454. The summed E-state index contributed by atoms with van der Waals surface area (Å²) in [5, 5.41) is 11.1. The third-order valence-electron chi connectivity index (χ3n) is 7.13. The number of aliphatic hydroxyl groups is 1. The highest BCUT2D eigenvalue weighted by Gasteiger charge is 2.32. The highest BCUT2D eigenvalue weighted by molar-refractivity contribution is 5.43. The minimum Gasteiger partial charge on any atom is -0.490 e. The molecule has 0 saturated carbocycles. The second kappa shape index (κ2) is 10.8. The summed E-state index contributed by atoms with van der Waals surface area (Å²) in [6.07, 6.45) is 4.25. The van der Waals surface area contributed by atoms with E-state index in [1.807, 2.05) is 12.1 Å². The minimum atomic E-state index is -0.561. The molecule has 0 unspecified atom stereocenters. The lowest BCUT2D eigenvalue weighted by atomic mass is 9.80. The van der Waals surface area contributed by atoms with Crippen molar-refractivity contribution < 1.29 is 18.7 Å². The third-order valence-corrected chi connectivity index (χ3v) is 7.13. The molecule has 1 atom stereocenters. The van der Waals surface area contributed by atoms with Crippen molar-refractivity contribution >= 4 is 0 Å². The molecular formula is C30H45FNO2+. The van der Waals surface area contributed by atoms with Crippen LogP contribution < -0.4 is 4.74 Å². The molecule has 2 aromatic rings. The molecule has 0 bridgehead atoms. The number of hydrogen-bond donors (Lipinski definition) is 1.